The zero-order chi connectivity index (χ0) is 14.0. The number of carbonyl (C=O) groups excluding carboxylic acids is 1. The van der Waals surface area contributed by atoms with Crippen LogP contribution in [-0.4, -0.2) is 35.4 Å². The number of hydrogen-bond donors (Lipinski definition) is 1. The summed E-state index contributed by atoms with van der Waals surface area (Å²) in [5, 5.41) is 3.51. The van der Waals surface area contributed by atoms with Crippen LogP contribution in [0.4, 0.5) is 0 Å². The van der Waals surface area contributed by atoms with E-state index >= 15 is 0 Å². The monoisotopic (exact) mass is 298 g/mol. The summed E-state index contributed by atoms with van der Waals surface area (Å²) in [5.41, 5.74) is 0. The fourth-order valence-corrected chi connectivity index (χ4v) is 3.71. The summed E-state index contributed by atoms with van der Waals surface area (Å²) in [6.07, 6.45) is 2.14. The highest BCUT2D eigenvalue weighted by Crippen LogP contribution is 2.32. The van der Waals surface area contributed by atoms with Crippen molar-refractivity contribution < 1.29 is 4.79 Å². The number of thiophene rings is 1. The quantitative estimate of drug-likeness (QED) is 0.907. The Kier molecular flexibility index (Phi) is 4.92. The summed E-state index contributed by atoms with van der Waals surface area (Å²) in [6, 6.07) is 4.22. The zero-order valence-corrected chi connectivity index (χ0v) is 13.6. The van der Waals surface area contributed by atoms with Crippen LogP contribution in [0.3, 0.4) is 0 Å². The van der Waals surface area contributed by atoms with Gasteiger partial charge in [0, 0.05) is 22.1 Å². The largest absolute Gasteiger partial charge is 0.320 e. The van der Waals surface area contributed by atoms with E-state index in [-0.39, 0.29) is 18.1 Å². The summed E-state index contributed by atoms with van der Waals surface area (Å²) in [5.74, 6) is 1.56. The first-order chi connectivity index (χ1) is 9.04. The molecule has 1 saturated heterocycles. The first-order valence-corrected chi connectivity index (χ1v) is 8.87. The molecule has 1 N–H and O–H groups in total. The molecule has 1 aromatic heterocycles. The van der Waals surface area contributed by atoms with Crippen molar-refractivity contribution in [3.63, 3.8) is 0 Å². The Hall–Kier alpha value is -0.520. The van der Waals surface area contributed by atoms with Crippen molar-refractivity contribution in [3.05, 3.63) is 21.9 Å². The molecule has 1 aromatic rings. The van der Waals surface area contributed by atoms with Gasteiger partial charge in [-0.25, -0.2) is 0 Å². The molecule has 2 unspecified atom stereocenters. The van der Waals surface area contributed by atoms with E-state index < -0.39 is 0 Å². The van der Waals surface area contributed by atoms with Crippen LogP contribution in [-0.2, 0) is 4.79 Å². The molecule has 2 rings (SSSR count). The summed E-state index contributed by atoms with van der Waals surface area (Å²) < 4.78 is 0. The van der Waals surface area contributed by atoms with Crippen LogP contribution in [0.5, 0.6) is 0 Å². The van der Waals surface area contributed by atoms with Crippen molar-refractivity contribution in [2.75, 3.05) is 18.6 Å². The lowest BCUT2D eigenvalue weighted by atomic mass is 10.1. The van der Waals surface area contributed by atoms with E-state index in [0.29, 0.717) is 5.92 Å². The second kappa shape index (κ2) is 6.29. The molecule has 0 saturated carbocycles. The van der Waals surface area contributed by atoms with Crippen molar-refractivity contribution >= 4 is 29.0 Å². The molecule has 1 aliphatic heterocycles. The van der Waals surface area contributed by atoms with Gasteiger partial charge in [0.15, 0.2) is 0 Å². The van der Waals surface area contributed by atoms with Crippen molar-refractivity contribution in [1.29, 1.82) is 0 Å². The first kappa shape index (κ1) is 14.9. The summed E-state index contributed by atoms with van der Waals surface area (Å²) >= 11 is 3.56. The van der Waals surface area contributed by atoms with Crippen LogP contribution in [0.15, 0.2) is 12.1 Å². The van der Waals surface area contributed by atoms with E-state index in [1.54, 1.807) is 23.1 Å². The highest BCUT2D eigenvalue weighted by Gasteiger charge is 2.41. The van der Waals surface area contributed by atoms with Crippen LogP contribution in [0.2, 0.25) is 0 Å². The predicted molar refractivity (Wildman–Crippen MR) is 83.7 cm³/mol. The topological polar surface area (TPSA) is 32.3 Å². The minimum atomic E-state index is -0.0470. The van der Waals surface area contributed by atoms with Gasteiger partial charge < -0.3 is 4.90 Å². The first-order valence-electron chi connectivity index (χ1n) is 6.66. The van der Waals surface area contributed by atoms with E-state index in [1.165, 1.54) is 9.75 Å². The second-order valence-corrected chi connectivity index (χ2v) is 7.57. The van der Waals surface area contributed by atoms with Gasteiger partial charge in [-0.15, -0.1) is 11.3 Å². The van der Waals surface area contributed by atoms with Crippen molar-refractivity contribution in [3.8, 4) is 0 Å². The lowest BCUT2D eigenvalue weighted by molar-refractivity contribution is -0.130. The Balaban J connectivity index is 2.21. The van der Waals surface area contributed by atoms with E-state index in [4.69, 9.17) is 0 Å². The van der Waals surface area contributed by atoms with Gasteiger partial charge in [0.1, 0.15) is 6.17 Å². The highest BCUT2D eigenvalue weighted by atomic mass is 32.2. The summed E-state index contributed by atoms with van der Waals surface area (Å²) in [7, 11) is 0. The molecule has 106 valence electrons. The van der Waals surface area contributed by atoms with Gasteiger partial charge in [-0.2, -0.15) is 11.8 Å². The van der Waals surface area contributed by atoms with E-state index in [9.17, 15) is 4.79 Å². The molecular formula is C14H22N2OS2. The number of thioether (sulfide) groups is 1. The Morgan fingerprint density at radius 1 is 1.47 bits per heavy atom. The predicted octanol–water partition coefficient (Wildman–Crippen LogP) is 2.87. The number of nitrogens with zero attached hydrogens (tertiary/aromatic N) is 1. The molecule has 0 radical (unpaired) electrons. The van der Waals surface area contributed by atoms with Gasteiger partial charge in [0.2, 0.25) is 5.91 Å². The molecule has 0 aliphatic carbocycles. The van der Waals surface area contributed by atoms with E-state index in [2.05, 4.69) is 44.5 Å². The molecule has 1 amide bonds. The molecule has 0 spiro atoms. The SMILES string of the molecule is CSCCN1C(=O)C(C(C)C)NC1c1ccc(C)s1. The lowest BCUT2D eigenvalue weighted by Crippen LogP contribution is -2.35. The standard InChI is InChI=1S/C14H22N2OS2/c1-9(2)12-14(17)16(7-8-18-4)13(15-12)11-6-5-10(3)19-11/h5-6,9,12-13,15H,7-8H2,1-4H3. The van der Waals surface area contributed by atoms with Crippen molar-refractivity contribution in [2.45, 2.75) is 33.0 Å². The summed E-state index contributed by atoms with van der Waals surface area (Å²) in [4.78, 5) is 17.0. The summed E-state index contributed by atoms with van der Waals surface area (Å²) in [6.45, 7) is 7.13. The van der Waals surface area contributed by atoms with Gasteiger partial charge in [-0.1, -0.05) is 13.8 Å². The number of amides is 1. The van der Waals surface area contributed by atoms with Gasteiger partial charge in [-0.05, 0) is 31.2 Å². The van der Waals surface area contributed by atoms with Gasteiger partial charge >= 0.3 is 0 Å². The Morgan fingerprint density at radius 3 is 2.74 bits per heavy atom. The Bertz CT molecular complexity index is 444. The van der Waals surface area contributed by atoms with Crippen molar-refractivity contribution in [1.82, 2.24) is 10.2 Å². The van der Waals surface area contributed by atoms with E-state index in [1.807, 2.05) is 4.90 Å². The maximum atomic E-state index is 12.5. The van der Waals surface area contributed by atoms with Crippen LogP contribution in [0, 0.1) is 12.8 Å². The van der Waals surface area contributed by atoms with Gasteiger partial charge in [0.25, 0.3) is 0 Å². The average molecular weight is 298 g/mol. The molecule has 0 bridgehead atoms. The third-order valence-electron chi connectivity index (χ3n) is 3.43. The zero-order valence-electron chi connectivity index (χ0n) is 12.0. The number of aryl methyl sites for hydroxylation is 1. The lowest BCUT2D eigenvalue weighted by Gasteiger charge is -2.22. The molecule has 2 atom stereocenters. The molecule has 5 heteroatoms. The third kappa shape index (κ3) is 3.15. The maximum Gasteiger partial charge on any atom is 0.241 e. The van der Waals surface area contributed by atoms with E-state index in [0.717, 1.165) is 12.3 Å². The van der Waals surface area contributed by atoms with Crippen LogP contribution in [0.25, 0.3) is 0 Å². The van der Waals surface area contributed by atoms with Gasteiger partial charge in [-0.3, -0.25) is 10.1 Å². The highest BCUT2D eigenvalue weighted by molar-refractivity contribution is 7.98. The molecule has 1 aliphatic rings. The fourth-order valence-electron chi connectivity index (χ4n) is 2.38. The number of hydrogen-bond acceptors (Lipinski definition) is 4. The molecule has 2 heterocycles. The Labute approximate surface area is 123 Å². The van der Waals surface area contributed by atoms with Crippen molar-refractivity contribution in [2.24, 2.45) is 5.92 Å². The minimum absolute atomic E-state index is 0.0470. The second-order valence-electron chi connectivity index (χ2n) is 5.26. The third-order valence-corrected chi connectivity index (χ3v) is 5.08. The maximum absolute atomic E-state index is 12.5. The molecule has 1 fully saturated rings. The molecular weight excluding hydrogens is 276 g/mol. The number of carbonyl (C=O) groups is 1. The Morgan fingerprint density at radius 2 is 2.21 bits per heavy atom. The van der Waals surface area contributed by atoms with Crippen LogP contribution in [0.1, 0.15) is 29.8 Å². The van der Waals surface area contributed by atoms with Crippen LogP contribution < -0.4 is 5.32 Å². The smallest absolute Gasteiger partial charge is 0.241 e. The minimum Gasteiger partial charge on any atom is -0.320 e. The number of nitrogens with one attached hydrogen (secondary N) is 1. The molecule has 19 heavy (non-hydrogen) atoms. The van der Waals surface area contributed by atoms with Crippen LogP contribution >= 0.6 is 23.1 Å². The number of rotatable bonds is 5. The fraction of sp³-hybridized carbons (Fsp3) is 0.643. The normalized spacial score (nSPS) is 23.6. The molecule has 3 nitrogen and oxygen atoms in total. The molecule has 0 aromatic carbocycles. The average Bonchev–Trinajstić information content (AvgIpc) is 2.91. The van der Waals surface area contributed by atoms with Gasteiger partial charge in [0.05, 0.1) is 6.04 Å².